The van der Waals surface area contributed by atoms with Crippen LogP contribution in [0.3, 0.4) is 0 Å². The van der Waals surface area contributed by atoms with Crippen molar-refractivity contribution >= 4 is 23.6 Å². The minimum atomic E-state index is -4.87. The number of carboxylic acid groups (broad SMARTS) is 1. The Morgan fingerprint density at radius 1 is 1.19 bits per heavy atom. The van der Waals surface area contributed by atoms with Crippen molar-refractivity contribution in [1.29, 1.82) is 0 Å². The molecule has 1 aliphatic rings. The molecule has 0 unspecified atom stereocenters. The lowest BCUT2D eigenvalue weighted by Crippen LogP contribution is -2.40. The number of carboxylic acids is 1. The first kappa shape index (κ1) is 19.3. The molecule has 0 spiro atoms. The minimum Gasteiger partial charge on any atom is -0.478 e. The van der Waals surface area contributed by atoms with E-state index in [1.54, 1.807) is 0 Å². The van der Waals surface area contributed by atoms with Crippen LogP contribution >= 0.6 is 11.6 Å². The van der Waals surface area contributed by atoms with Gasteiger partial charge in [-0.3, -0.25) is 0 Å². The molecule has 0 aromatic heterocycles. The topological polar surface area (TPSA) is 55.8 Å². The van der Waals surface area contributed by atoms with Gasteiger partial charge in [0.05, 0.1) is 18.8 Å². The van der Waals surface area contributed by atoms with E-state index in [0.29, 0.717) is 5.56 Å². The quantitative estimate of drug-likeness (QED) is 0.782. The molecule has 0 bridgehead atoms. The Labute approximate surface area is 157 Å². The van der Waals surface area contributed by atoms with Crippen molar-refractivity contribution < 1.29 is 32.5 Å². The largest absolute Gasteiger partial charge is 0.478 e. The molecule has 142 valence electrons. The van der Waals surface area contributed by atoms with Gasteiger partial charge in [0.2, 0.25) is 6.10 Å². The molecule has 1 N–H and O–H groups in total. The summed E-state index contributed by atoms with van der Waals surface area (Å²) in [4.78, 5) is 11.2. The van der Waals surface area contributed by atoms with E-state index in [0.717, 1.165) is 11.6 Å². The van der Waals surface area contributed by atoms with Gasteiger partial charge in [-0.05, 0) is 23.8 Å². The molecule has 0 saturated carbocycles. The number of hydrogen-bond acceptors (Lipinski definition) is 3. The van der Waals surface area contributed by atoms with Crippen molar-refractivity contribution in [2.45, 2.75) is 25.5 Å². The smallest absolute Gasteiger partial charge is 0.430 e. The van der Waals surface area contributed by atoms with Crippen LogP contribution in [0.15, 0.2) is 48.0 Å². The van der Waals surface area contributed by atoms with Crippen molar-refractivity contribution in [3.63, 3.8) is 0 Å². The van der Waals surface area contributed by atoms with E-state index in [1.165, 1.54) is 12.1 Å². The highest BCUT2D eigenvalue weighted by Gasteiger charge is 2.48. The summed E-state index contributed by atoms with van der Waals surface area (Å²) in [5.41, 5.74) is 0.478. The Morgan fingerprint density at radius 2 is 1.89 bits per heavy atom. The normalized spacial score (nSPS) is 16.3. The summed E-state index contributed by atoms with van der Waals surface area (Å²) in [5, 5.41) is 9.34. The molecular weight excluding hydrogens is 385 g/mol. The van der Waals surface area contributed by atoms with E-state index in [1.807, 2.05) is 30.3 Å². The third-order valence-electron chi connectivity index (χ3n) is 3.90. The van der Waals surface area contributed by atoms with Crippen molar-refractivity contribution in [2.24, 2.45) is 0 Å². The van der Waals surface area contributed by atoms with Gasteiger partial charge in [-0.25, -0.2) is 4.79 Å². The second kappa shape index (κ2) is 7.62. The van der Waals surface area contributed by atoms with Crippen LogP contribution < -0.4 is 4.74 Å². The predicted octanol–water partition coefficient (Wildman–Crippen LogP) is 4.85. The molecule has 0 saturated heterocycles. The molecule has 0 aliphatic carbocycles. The third kappa shape index (κ3) is 4.43. The highest BCUT2D eigenvalue weighted by atomic mass is 35.5. The van der Waals surface area contributed by atoms with Gasteiger partial charge < -0.3 is 14.6 Å². The molecule has 0 radical (unpaired) electrons. The van der Waals surface area contributed by atoms with Crippen LogP contribution in [-0.2, 0) is 22.7 Å². The van der Waals surface area contributed by atoms with Crippen LogP contribution in [-0.4, -0.2) is 23.4 Å². The van der Waals surface area contributed by atoms with Crippen molar-refractivity contribution in [1.82, 2.24) is 0 Å². The molecule has 1 heterocycles. The molecule has 27 heavy (non-hydrogen) atoms. The predicted molar refractivity (Wildman–Crippen MR) is 92.5 cm³/mol. The first-order valence-electron chi connectivity index (χ1n) is 7.88. The highest BCUT2D eigenvalue weighted by molar-refractivity contribution is 6.30. The molecule has 8 heteroatoms. The number of fused-ring (bicyclic) bond motifs is 1. The maximum absolute atomic E-state index is 13.2. The van der Waals surface area contributed by atoms with Gasteiger partial charge in [0.1, 0.15) is 5.75 Å². The number of rotatable bonds is 5. The van der Waals surface area contributed by atoms with Crippen LogP contribution in [0, 0.1) is 0 Å². The van der Waals surface area contributed by atoms with E-state index in [-0.39, 0.29) is 29.5 Å². The SMILES string of the molecule is O=C(O)C1=Cc2cc(Cl)cc(COCc3ccccc3)c2O[C@@H]1C(F)(F)F. The Balaban J connectivity index is 1.89. The zero-order chi connectivity index (χ0) is 19.6. The molecule has 0 fully saturated rings. The molecule has 2 aromatic carbocycles. The van der Waals surface area contributed by atoms with Gasteiger partial charge >= 0.3 is 12.1 Å². The standard InChI is InChI=1S/C19H14ClF3O4/c20-14-6-12-8-15(18(24)25)17(19(21,22)23)27-16(12)13(7-14)10-26-9-11-4-2-1-3-5-11/h1-8,17H,9-10H2,(H,24,25)/t17-/m0/s1. The lowest BCUT2D eigenvalue weighted by atomic mass is 9.99. The van der Waals surface area contributed by atoms with Gasteiger partial charge in [-0.2, -0.15) is 13.2 Å². The van der Waals surface area contributed by atoms with Gasteiger partial charge in [0.25, 0.3) is 0 Å². The van der Waals surface area contributed by atoms with E-state index in [4.69, 9.17) is 26.2 Å². The molecule has 2 aromatic rings. The van der Waals surface area contributed by atoms with Crippen molar-refractivity contribution in [3.8, 4) is 5.75 Å². The Kier molecular flexibility index (Phi) is 5.43. The summed E-state index contributed by atoms with van der Waals surface area (Å²) in [5.74, 6) is -1.79. The first-order valence-corrected chi connectivity index (χ1v) is 8.26. The molecule has 4 nitrogen and oxygen atoms in total. The number of aliphatic carboxylic acids is 1. The number of carbonyl (C=O) groups is 1. The van der Waals surface area contributed by atoms with Gasteiger partial charge in [0.15, 0.2) is 0 Å². The monoisotopic (exact) mass is 398 g/mol. The molecule has 3 rings (SSSR count). The van der Waals surface area contributed by atoms with Crippen LogP contribution in [0.1, 0.15) is 16.7 Å². The Hall–Kier alpha value is -2.51. The number of ether oxygens (including phenoxy) is 2. The molecule has 0 amide bonds. The summed E-state index contributed by atoms with van der Waals surface area (Å²) in [7, 11) is 0. The fourth-order valence-corrected chi connectivity index (χ4v) is 2.98. The number of halogens is 4. The molecule has 1 atom stereocenters. The number of hydrogen-bond donors (Lipinski definition) is 1. The maximum atomic E-state index is 13.2. The van der Waals surface area contributed by atoms with E-state index in [2.05, 4.69) is 0 Å². The second-order valence-corrected chi connectivity index (χ2v) is 6.34. The zero-order valence-electron chi connectivity index (χ0n) is 13.8. The lowest BCUT2D eigenvalue weighted by molar-refractivity contribution is -0.187. The maximum Gasteiger partial charge on any atom is 0.430 e. The van der Waals surface area contributed by atoms with Crippen LogP contribution in [0.5, 0.6) is 5.75 Å². The molecular formula is C19H14ClF3O4. The summed E-state index contributed by atoms with van der Waals surface area (Å²) >= 11 is 6.02. The highest BCUT2D eigenvalue weighted by Crippen LogP contribution is 2.40. The molecule has 1 aliphatic heterocycles. The average Bonchev–Trinajstić information content (AvgIpc) is 2.60. The summed E-state index contributed by atoms with van der Waals surface area (Å²) in [6, 6.07) is 12.0. The zero-order valence-corrected chi connectivity index (χ0v) is 14.6. The lowest BCUT2D eigenvalue weighted by Gasteiger charge is -2.28. The van der Waals surface area contributed by atoms with E-state index >= 15 is 0 Å². The minimum absolute atomic E-state index is 0.0430. The summed E-state index contributed by atoms with van der Waals surface area (Å²) in [6.45, 7) is 0.208. The third-order valence-corrected chi connectivity index (χ3v) is 4.12. The van der Waals surface area contributed by atoms with Gasteiger partial charge in [-0.1, -0.05) is 41.9 Å². The van der Waals surface area contributed by atoms with E-state index in [9.17, 15) is 18.0 Å². The van der Waals surface area contributed by atoms with Crippen LogP contribution in [0.4, 0.5) is 13.2 Å². The van der Waals surface area contributed by atoms with Gasteiger partial charge in [0, 0.05) is 16.1 Å². The fourth-order valence-electron chi connectivity index (χ4n) is 2.73. The fraction of sp³-hybridized carbons (Fsp3) is 0.211. The first-order chi connectivity index (χ1) is 12.8. The number of alkyl halides is 3. The second-order valence-electron chi connectivity index (χ2n) is 5.91. The van der Waals surface area contributed by atoms with Crippen LogP contribution in [0.25, 0.3) is 6.08 Å². The van der Waals surface area contributed by atoms with Gasteiger partial charge in [-0.15, -0.1) is 0 Å². The van der Waals surface area contributed by atoms with Crippen LogP contribution in [0.2, 0.25) is 5.02 Å². The Morgan fingerprint density at radius 3 is 2.52 bits per heavy atom. The van der Waals surface area contributed by atoms with Crippen molar-refractivity contribution in [2.75, 3.05) is 0 Å². The Bertz CT molecular complexity index is 879. The number of benzene rings is 2. The summed E-state index contributed by atoms with van der Waals surface area (Å²) in [6.07, 6.45) is -6.49. The summed E-state index contributed by atoms with van der Waals surface area (Å²) < 4.78 is 50.3. The van der Waals surface area contributed by atoms with Crippen molar-refractivity contribution in [3.05, 3.63) is 69.8 Å². The van der Waals surface area contributed by atoms with E-state index < -0.39 is 23.8 Å². The average molecular weight is 399 g/mol.